The second-order valence-corrected chi connectivity index (χ2v) is 7.19. The second kappa shape index (κ2) is 9.47. The van der Waals surface area contributed by atoms with Crippen LogP contribution in [0.4, 0.5) is 11.5 Å². The molecule has 0 aliphatic carbocycles. The van der Waals surface area contributed by atoms with Crippen LogP contribution >= 0.6 is 0 Å². The minimum absolute atomic E-state index is 0.0468. The normalized spacial score (nSPS) is 14.5. The Hall–Kier alpha value is -4.27. The molecule has 2 aromatic carbocycles. The zero-order valence-electron chi connectivity index (χ0n) is 18.2. The van der Waals surface area contributed by atoms with E-state index >= 15 is 0 Å². The summed E-state index contributed by atoms with van der Waals surface area (Å²) in [7, 11) is 0. The minimum atomic E-state index is -1.14. The van der Waals surface area contributed by atoms with E-state index in [0.717, 1.165) is 5.56 Å². The highest BCUT2D eigenvalue weighted by Crippen LogP contribution is 2.36. The number of para-hydroxylation sites is 1. The Morgan fingerprint density at radius 2 is 1.82 bits per heavy atom. The molecule has 4 rings (SSSR count). The molecule has 9 nitrogen and oxygen atoms in total. The molecular weight excluding hydrogens is 424 g/mol. The lowest BCUT2D eigenvalue weighted by molar-refractivity contribution is -0.132. The van der Waals surface area contributed by atoms with E-state index in [2.05, 4.69) is 15.7 Å². The van der Waals surface area contributed by atoms with E-state index in [0.29, 0.717) is 30.4 Å². The minimum Gasteiger partial charge on any atom is -0.494 e. The first-order chi connectivity index (χ1) is 16.0. The number of hydrogen-bond acceptors (Lipinski definition) is 6. The molecule has 0 bridgehead atoms. The molecule has 9 heteroatoms. The molecular formula is C24H24N4O5. The topological polar surface area (TPSA) is 115 Å². The second-order valence-electron chi connectivity index (χ2n) is 7.19. The van der Waals surface area contributed by atoms with Crippen molar-refractivity contribution in [2.24, 2.45) is 0 Å². The van der Waals surface area contributed by atoms with E-state index in [4.69, 9.17) is 9.47 Å². The number of benzene rings is 2. The maximum atomic E-state index is 13.0. The van der Waals surface area contributed by atoms with Crippen LogP contribution in [0.5, 0.6) is 11.5 Å². The van der Waals surface area contributed by atoms with Crippen LogP contribution in [-0.2, 0) is 4.79 Å². The number of aromatic nitrogens is 2. The molecule has 0 saturated heterocycles. The van der Waals surface area contributed by atoms with Gasteiger partial charge in [0.2, 0.25) is 0 Å². The highest BCUT2D eigenvalue weighted by molar-refractivity contribution is 6.08. The van der Waals surface area contributed by atoms with Crippen molar-refractivity contribution in [1.29, 1.82) is 0 Å². The summed E-state index contributed by atoms with van der Waals surface area (Å²) in [6, 6.07) is 13.8. The van der Waals surface area contributed by atoms with Crippen LogP contribution in [0.3, 0.4) is 0 Å². The molecule has 0 saturated carbocycles. The summed E-state index contributed by atoms with van der Waals surface area (Å²) < 4.78 is 12.7. The van der Waals surface area contributed by atoms with E-state index in [1.165, 1.54) is 6.20 Å². The third kappa shape index (κ3) is 4.52. The first-order valence-corrected chi connectivity index (χ1v) is 10.6. The Morgan fingerprint density at radius 1 is 1.09 bits per heavy atom. The fourth-order valence-corrected chi connectivity index (χ4v) is 3.62. The summed E-state index contributed by atoms with van der Waals surface area (Å²) in [5, 5.41) is 19.7. The molecule has 1 amide bonds. The average Bonchev–Trinajstić information content (AvgIpc) is 3.25. The molecule has 0 unspecified atom stereocenters. The molecule has 2 heterocycles. The van der Waals surface area contributed by atoms with Gasteiger partial charge in [-0.3, -0.25) is 4.79 Å². The van der Waals surface area contributed by atoms with Gasteiger partial charge in [0.1, 0.15) is 34.6 Å². The summed E-state index contributed by atoms with van der Waals surface area (Å²) in [4.78, 5) is 24.8. The zero-order chi connectivity index (χ0) is 23.4. The van der Waals surface area contributed by atoms with E-state index in [1.54, 1.807) is 35.0 Å². The summed E-state index contributed by atoms with van der Waals surface area (Å²) in [5.74, 6) is 0.0482. The van der Waals surface area contributed by atoms with Crippen LogP contribution in [0.25, 0.3) is 0 Å². The van der Waals surface area contributed by atoms with Gasteiger partial charge in [-0.05, 0) is 50.3 Å². The number of hydrogen-bond donors (Lipinski definition) is 3. The van der Waals surface area contributed by atoms with Gasteiger partial charge in [0.25, 0.3) is 5.91 Å². The van der Waals surface area contributed by atoms with Gasteiger partial charge in [-0.25, -0.2) is 9.48 Å². The lowest BCUT2D eigenvalue weighted by Gasteiger charge is -2.25. The van der Waals surface area contributed by atoms with Crippen LogP contribution in [0, 0.1) is 0 Å². The lowest BCUT2D eigenvalue weighted by atomic mass is 10.0. The Bertz CT molecular complexity index is 1200. The first-order valence-electron chi connectivity index (χ1n) is 10.6. The number of carboxylic acid groups (broad SMARTS) is 1. The van der Waals surface area contributed by atoms with Gasteiger partial charge in [-0.1, -0.05) is 18.2 Å². The summed E-state index contributed by atoms with van der Waals surface area (Å²) in [6.45, 7) is 4.78. The summed E-state index contributed by atoms with van der Waals surface area (Å²) >= 11 is 0. The Labute approximate surface area is 190 Å². The fraction of sp³-hybridized carbons (Fsp3) is 0.208. The Balaban J connectivity index is 1.67. The van der Waals surface area contributed by atoms with Gasteiger partial charge in [-0.2, -0.15) is 5.10 Å². The molecule has 0 spiro atoms. The highest BCUT2D eigenvalue weighted by Gasteiger charge is 2.30. The van der Waals surface area contributed by atoms with Crippen molar-refractivity contribution in [2.75, 3.05) is 23.8 Å². The first kappa shape index (κ1) is 21.9. The van der Waals surface area contributed by atoms with Crippen LogP contribution < -0.4 is 20.1 Å². The number of rotatable bonds is 8. The third-order valence-electron chi connectivity index (χ3n) is 5.07. The molecule has 3 N–H and O–H groups in total. The van der Waals surface area contributed by atoms with Gasteiger partial charge >= 0.3 is 5.97 Å². The molecule has 1 aliphatic heterocycles. The number of nitrogens with zero attached hydrogens (tertiary/aromatic N) is 2. The summed E-state index contributed by atoms with van der Waals surface area (Å²) in [5.41, 5.74) is 1.48. The number of anilines is 2. The number of aliphatic carboxylic acids is 1. The Morgan fingerprint density at radius 3 is 2.52 bits per heavy atom. The third-order valence-corrected chi connectivity index (χ3v) is 5.07. The van der Waals surface area contributed by atoms with Crippen molar-refractivity contribution in [3.8, 4) is 11.5 Å². The zero-order valence-corrected chi connectivity index (χ0v) is 18.2. The number of ether oxygens (including phenoxy) is 2. The molecule has 1 aromatic heterocycles. The molecule has 0 radical (unpaired) electrons. The van der Waals surface area contributed by atoms with Crippen molar-refractivity contribution in [3.05, 3.63) is 77.6 Å². The van der Waals surface area contributed by atoms with Crippen molar-refractivity contribution in [3.63, 3.8) is 0 Å². The van der Waals surface area contributed by atoms with Crippen LogP contribution in [0.15, 0.2) is 66.5 Å². The van der Waals surface area contributed by atoms with Gasteiger partial charge in [-0.15, -0.1) is 0 Å². The highest BCUT2D eigenvalue weighted by atomic mass is 16.5. The standard InChI is InChI=1S/C24H24N4O5/c1-3-32-16-11-9-15(10-12-16)26-23(29)18-14-25-28-20(13-19(24(30)31)27-22(18)28)17-7-5-6-8-21(17)33-4-2/h5-14,20,27H,3-4H2,1-2H3,(H,26,29)(H,30,31)/t20-/m1/s1. The maximum absolute atomic E-state index is 13.0. The van der Waals surface area contributed by atoms with E-state index in [1.807, 2.05) is 38.1 Å². The molecule has 1 aliphatic rings. The fourth-order valence-electron chi connectivity index (χ4n) is 3.62. The van der Waals surface area contributed by atoms with Crippen LogP contribution in [0.1, 0.15) is 35.8 Å². The number of nitrogens with one attached hydrogen (secondary N) is 2. The van der Waals surface area contributed by atoms with Crippen molar-refractivity contribution in [1.82, 2.24) is 9.78 Å². The van der Waals surface area contributed by atoms with Gasteiger partial charge in [0, 0.05) is 11.3 Å². The molecule has 1 atom stereocenters. The molecule has 3 aromatic rings. The number of amides is 1. The van der Waals surface area contributed by atoms with E-state index in [9.17, 15) is 14.7 Å². The summed E-state index contributed by atoms with van der Waals surface area (Å²) in [6.07, 6.45) is 2.97. The SMILES string of the molecule is CCOc1ccc(NC(=O)c2cnn3c2NC(C(=O)O)=C[C@@H]3c2ccccc2OCC)cc1. The van der Waals surface area contributed by atoms with Gasteiger partial charge < -0.3 is 25.2 Å². The van der Waals surface area contributed by atoms with Crippen molar-refractivity contribution >= 4 is 23.4 Å². The van der Waals surface area contributed by atoms with Crippen LogP contribution in [-0.4, -0.2) is 40.0 Å². The predicted molar refractivity (Wildman–Crippen MR) is 123 cm³/mol. The van der Waals surface area contributed by atoms with E-state index in [-0.39, 0.29) is 17.1 Å². The molecule has 170 valence electrons. The smallest absolute Gasteiger partial charge is 0.352 e. The van der Waals surface area contributed by atoms with Crippen molar-refractivity contribution < 1.29 is 24.2 Å². The molecule has 0 fully saturated rings. The average molecular weight is 448 g/mol. The number of carbonyl (C=O) groups is 2. The Kier molecular flexibility index (Phi) is 6.30. The van der Waals surface area contributed by atoms with Crippen molar-refractivity contribution in [2.45, 2.75) is 19.9 Å². The monoisotopic (exact) mass is 448 g/mol. The molecule has 33 heavy (non-hydrogen) atoms. The maximum Gasteiger partial charge on any atom is 0.352 e. The van der Waals surface area contributed by atoms with E-state index < -0.39 is 17.9 Å². The number of allylic oxidation sites excluding steroid dienone is 1. The van der Waals surface area contributed by atoms with Gasteiger partial charge in [0.15, 0.2) is 0 Å². The largest absolute Gasteiger partial charge is 0.494 e. The number of carbonyl (C=O) groups excluding carboxylic acids is 1. The lowest BCUT2D eigenvalue weighted by Crippen LogP contribution is -2.26. The predicted octanol–water partition coefficient (Wildman–Crippen LogP) is 3.92. The number of fused-ring (bicyclic) bond motifs is 1. The number of carboxylic acids is 1. The quantitative estimate of drug-likeness (QED) is 0.478. The van der Waals surface area contributed by atoms with Crippen LogP contribution in [0.2, 0.25) is 0 Å². The van der Waals surface area contributed by atoms with Gasteiger partial charge in [0.05, 0.1) is 19.4 Å².